The van der Waals surface area contributed by atoms with Crippen LogP contribution in [0.25, 0.3) is 0 Å². The molecule has 1 aliphatic heterocycles. The number of amides is 1. The summed E-state index contributed by atoms with van der Waals surface area (Å²) in [5.74, 6) is 2.86. The van der Waals surface area contributed by atoms with E-state index < -0.39 is 0 Å². The van der Waals surface area contributed by atoms with Gasteiger partial charge in [0.15, 0.2) is 5.76 Å². The van der Waals surface area contributed by atoms with Crippen molar-refractivity contribution in [2.24, 2.45) is 11.8 Å². The second-order valence-electron chi connectivity index (χ2n) is 6.66. The van der Waals surface area contributed by atoms with Gasteiger partial charge in [0.2, 0.25) is 0 Å². The lowest BCUT2D eigenvalue weighted by atomic mass is 9.92. The molecule has 2 aromatic rings. The maximum Gasteiger partial charge on any atom is 0.289 e. The number of furan rings is 1. The van der Waals surface area contributed by atoms with Crippen molar-refractivity contribution in [3.63, 3.8) is 0 Å². The van der Waals surface area contributed by atoms with Gasteiger partial charge in [-0.2, -0.15) is 0 Å². The van der Waals surface area contributed by atoms with Crippen molar-refractivity contribution in [2.75, 3.05) is 13.1 Å². The number of benzene rings is 1. The molecule has 0 radical (unpaired) electrons. The Bertz CT molecular complexity index is 685. The summed E-state index contributed by atoms with van der Waals surface area (Å²) >= 11 is 3.39. The van der Waals surface area contributed by atoms with E-state index in [1.807, 2.05) is 35.2 Å². The monoisotopic (exact) mass is 391 g/mol. The summed E-state index contributed by atoms with van der Waals surface area (Å²) in [4.78, 5) is 14.5. The van der Waals surface area contributed by atoms with Gasteiger partial charge in [-0.1, -0.05) is 29.8 Å². The van der Waals surface area contributed by atoms with Gasteiger partial charge in [0, 0.05) is 17.6 Å². The molecule has 3 rings (SSSR count). The average molecular weight is 392 g/mol. The quantitative estimate of drug-likeness (QED) is 0.755. The van der Waals surface area contributed by atoms with Crippen molar-refractivity contribution >= 4 is 21.8 Å². The third-order valence-corrected chi connectivity index (χ3v) is 4.75. The maximum absolute atomic E-state index is 12.6. The zero-order valence-corrected chi connectivity index (χ0v) is 15.6. The maximum atomic E-state index is 12.6. The number of ether oxygens (including phenoxy) is 1. The fourth-order valence-electron chi connectivity index (χ4n) is 3.24. The second kappa shape index (κ2) is 7.43. The SMILES string of the molecule is CC1CC(C)CN(C(=O)c2ccc(COc3ccc(Br)cc3)o2)C1. The van der Waals surface area contributed by atoms with Crippen molar-refractivity contribution < 1.29 is 13.9 Å². The van der Waals surface area contributed by atoms with Crippen LogP contribution in [-0.4, -0.2) is 23.9 Å². The minimum Gasteiger partial charge on any atom is -0.486 e. The van der Waals surface area contributed by atoms with Gasteiger partial charge in [-0.25, -0.2) is 0 Å². The van der Waals surface area contributed by atoms with E-state index >= 15 is 0 Å². The molecule has 1 fully saturated rings. The van der Waals surface area contributed by atoms with Crippen LogP contribution in [0.3, 0.4) is 0 Å². The summed E-state index contributed by atoms with van der Waals surface area (Å²) < 4.78 is 12.4. The van der Waals surface area contributed by atoms with Crippen LogP contribution in [0.5, 0.6) is 5.75 Å². The van der Waals surface area contributed by atoms with E-state index in [2.05, 4.69) is 29.8 Å². The number of carbonyl (C=O) groups excluding carboxylic acids is 1. The van der Waals surface area contributed by atoms with E-state index in [9.17, 15) is 4.79 Å². The minimum atomic E-state index is -0.0247. The highest BCUT2D eigenvalue weighted by Crippen LogP contribution is 2.23. The molecular weight excluding hydrogens is 370 g/mol. The summed E-state index contributed by atoms with van der Waals surface area (Å²) in [5, 5.41) is 0. The van der Waals surface area contributed by atoms with Gasteiger partial charge < -0.3 is 14.1 Å². The van der Waals surface area contributed by atoms with Crippen LogP contribution in [0, 0.1) is 11.8 Å². The number of halogens is 1. The molecule has 0 aliphatic carbocycles. The predicted octanol–water partition coefficient (Wildman–Crippen LogP) is 4.74. The van der Waals surface area contributed by atoms with Crippen molar-refractivity contribution in [3.05, 3.63) is 52.4 Å². The largest absolute Gasteiger partial charge is 0.486 e. The highest BCUT2D eigenvalue weighted by Gasteiger charge is 2.27. The Hall–Kier alpha value is -1.75. The van der Waals surface area contributed by atoms with Gasteiger partial charge in [-0.3, -0.25) is 4.79 Å². The molecule has 1 saturated heterocycles. The highest BCUT2D eigenvalue weighted by molar-refractivity contribution is 9.10. The van der Waals surface area contributed by atoms with E-state index in [0.29, 0.717) is 30.0 Å². The summed E-state index contributed by atoms with van der Waals surface area (Å²) in [6.07, 6.45) is 1.17. The topological polar surface area (TPSA) is 42.7 Å². The van der Waals surface area contributed by atoms with E-state index in [4.69, 9.17) is 9.15 Å². The molecule has 1 amide bonds. The Morgan fingerprint density at radius 2 is 1.83 bits per heavy atom. The van der Waals surface area contributed by atoms with E-state index in [1.54, 1.807) is 6.07 Å². The number of piperidine rings is 1. The lowest BCUT2D eigenvalue weighted by Gasteiger charge is -2.34. The van der Waals surface area contributed by atoms with Crippen molar-refractivity contribution in [3.8, 4) is 5.75 Å². The minimum absolute atomic E-state index is 0.0247. The van der Waals surface area contributed by atoms with Crippen molar-refractivity contribution in [1.29, 1.82) is 0 Å². The Labute approximate surface area is 150 Å². The molecule has 0 bridgehead atoms. The Kier molecular flexibility index (Phi) is 5.29. The molecule has 1 aromatic carbocycles. The second-order valence-corrected chi connectivity index (χ2v) is 7.58. The number of carbonyl (C=O) groups is 1. The van der Waals surface area contributed by atoms with Gasteiger partial charge in [-0.05, 0) is 54.7 Å². The molecule has 1 aromatic heterocycles. The molecule has 0 N–H and O–H groups in total. The first-order valence-corrected chi connectivity index (χ1v) is 9.07. The van der Waals surface area contributed by atoms with Crippen LogP contribution in [0.2, 0.25) is 0 Å². The zero-order valence-electron chi connectivity index (χ0n) is 14.0. The molecule has 5 heteroatoms. The first-order valence-electron chi connectivity index (χ1n) is 8.27. The number of likely N-dealkylation sites (tertiary alicyclic amines) is 1. The van der Waals surface area contributed by atoms with Gasteiger partial charge >= 0.3 is 0 Å². The Morgan fingerprint density at radius 3 is 2.50 bits per heavy atom. The number of hydrogen-bond donors (Lipinski definition) is 0. The molecule has 24 heavy (non-hydrogen) atoms. The third-order valence-electron chi connectivity index (χ3n) is 4.22. The summed E-state index contributed by atoms with van der Waals surface area (Å²) in [6, 6.07) is 11.2. The predicted molar refractivity (Wildman–Crippen MR) is 96.0 cm³/mol. The highest BCUT2D eigenvalue weighted by atomic mass is 79.9. The standard InChI is InChI=1S/C19H22BrNO3/c1-13-9-14(2)11-21(10-13)19(22)18-8-7-17(24-18)12-23-16-5-3-15(20)4-6-16/h3-8,13-14H,9-12H2,1-2H3. The lowest BCUT2D eigenvalue weighted by molar-refractivity contribution is 0.0587. The number of nitrogens with zero attached hydrogens (tertiary/aromatic N) is 1. The van der Waals surface area contributed by atoms with Gasteiger partial charge in [0.1, 0.15) is 18.1 Å². The van der Waals surface area contributed by atoms with E-state index in [-0.39, 0.29) is 5.91 Å². The third kappa shape index (κ3) is 4.20. The van der Waals surface area contributed by atoms with Crippen molar-refractivity contribution in [1.82, 2.24) is 4.90 Å². The van der Waals surface area contributed by atoms with Crippen LogP contribution < -0.4 is 4.74 Å². The summed E-state index contributed by atoms with van der Waals surface area (Å²) in [7, 11) is 0. The first-order chi connectivity index (χ1) is 11.5. The zero-order chi connectivity index (χ0) is 17.1. The first kappa shape index (κ1) is 17.1. The van der Waals surface area contributed by atoms with E-state index in [1.165, 1.54) is 6.42 Å². The molecule has 2 atom stereocenters. The van der Waals surface area contributed by atoms with Crippen LogP contribution in [-0.2, 0) is 6.61 Å². The van der Waals surface area contributed by atoms with Crippen LogP contribution in [0.15, 0.2) is 45.3 Å². The van der Waals surface area contributed by atoms with Gasteiger partial charge in [0.25, 0.3) is 5.91 Å². The Morgan fingerprint density at radius 1 is 1.17 bits per heavy atom. The summed E-state index contributed by atoms with van der Waals surface area (Å²) in [6.45, 7) is 6.29. The van der Waals surface area contributed by atoms with Crippen LogP contribution in [0.4, 0.5) is 0 Å². The molecule has 1 aliphatic rings. The molecule has 2 unspecified atom stereocenters. The fourth-order valence-corrected chi connectivity index (χ4v) is 3.50. The Balaban J connectivity index is 1.60. The smallest absolute Gasteiger partial charge is 0.289 e. The molecule has 0 spiro atoms. The average Bonchev–Trinajstić information content (AvgIpc) is 3.01. The van der Waals surface area contributed by atoms with Crippen molar-refractivity contribution in [2.45, 2.75) is 26.9 Å². The molecule has 2 heterocycles. The molecule has 0 saturated carbocycles. The fraction of sp³-hybridized carbons (Fsp3) is 0.421. The number of hydrogen-bond acceptors (Lipinski definition) is 3. The normalized spacial score (nSPS) is 20.9. The molecule has 4 nitrogen and oxygen atoms in total. The molecular formula is C19H22BrNO3. The summed E-state index contributed by atoms with van der Waals surface area (Å²) in [5.41, 5.74) is 0. The van der Waals surface area contributed by atoms with E-state index in [0.717, 1.165) is 23.3 Å². The van der Waals surface area contributed by atoms with Gasteiger partial charge in [0.05, 0.1) is 0 Å². The number of rotatable bonds is 4. The van der Waals surface area contributed by atoms with Gasteiger partial charge in [-0.15, -0.1) is 0 Å². The van der Waals surface area contributed by atoms with Crippen LogP contribution >= 0.6 is 15.9 Å². The lowest BCUT2D eigenvalue weighted by Crippen LogP contribution is -2.42. The van der Waals surface area contributed by atoms with Crippen LogP contribution in [0.1, 0.15) is 36.6 Å². The molecule has 128 valence electrons.